The molecule has 0 fully saturated rings. The fourth-order valence-electron chi connectivity index (χ4n) is 5.60. The summed E-state index contributed by atoms with van der Waals surface area (Å²) in [6, 6.07) is 7.29. The van der Waals surface area contributed by atoms with Crippen molar-refractivity contribution in [3.63, 3.8) is 0 Å². The second-order valence-corrected chi connectivity index (χ2v) is 16.6. The van der Waals surface area contributed by atoms with E-state index in [4.69, 9.17) is 14.2 Å². The summed E-state index contributed by atoms with van der Waals surface area (Å²) >= 11 is 0. The number of rotatable bonds is 11. The molecule has 302 valence electrons. The Hall–Kier alpha value is -5.80. The Morgan fingerprint density at radius 3 is 2.04 bits per heavy atom. The van der Waals surface area contributed by atoms with E-state index in [-0.39, 0.29) is 11.7 Å². The van der Waals surface area contributed by atoms with Crippen LogP contribution in [0.1, 0.15) is 94.3 Å². The number of anilines is 4. The third kappa shape index (κ3) is 11.4. The number of fused-ring (bicyclic) bond motifs is 1. The molecule has 0 radical (unpaired) electrons. The molecule has 0 aliphatic heterocycles. The van der Waals surface area contributed by atoms with Gasteiger partial charge in [0, 0.05) is 54.5 Å². The molecule has 0 aliphatic rings. The minimum atomic E-state index is -0.930. The molecule has 0 bridgehead atoms. The van der Waals surface area contributed by atoms with E-state index in [9.17, 15) is 19.2 Å². The lowest BCUT2D eigenvalue weighted by atomic mass is 9.99. The molecule has 3 aromatic heterocycles. The van der Waals surface area contributed by atoms with E-state index in [0.29, 0.717) is 64.4 Å². The van der Waals surface area contributed by atoms with Crippen molar-refractivity contribution in [1.82, 2.24) is 29.9 Å². The predicted molar refractivity (Wildman–Crippen MR) is 215 cm³/mol. The van der Waals surface area contributed by atoms with Gasteiger partial charge in [0.15, 0.2) is 11.6 Å². The number of hydrogen-bond donors (Lipinski definition) is 2. The highest BCUT2D eigenvalue weighted by atomic mass is 16.6. The van der Waals surface area contributed by atoms with Gasteiger partial charge in [0.05, 0.1) is 17.6 Å². The van der Waals surface area contributed by atoms with Gasteiger partial charge in [-0.15, -0.1) is 10.2 Å². The van der Waals surface area contributed by atoms with Crippen molar-refractivity contribution in [3.05, 3.63) is 47.9 Å². The lowest BCUT2D eigenvalue weighted by Gasteiger charge is -2.29. The van der Waals surface area contributed by atoms with Crippen molar-refractivity contribution < 1.29 is 33.4 Å². The van der Waals surface area contributed by atoms with Gasteiger partial charge < -0.3 is 24.4 Å². The van der Waals surface area contributed by atoms with Crippen LogP contribution in [-0.2, 0) is 32.0 Å². The number of benzene rings is 1. The Bertz CT molecular complexity index is 2050. The summed E-state index contributed by atoms with van der Waals surface area (Å²) in [5.74, 6) is 0.921. The molecule has 16 heteroatoms. The Morgan fingerprint density at radius 1 is 0.857 bits per heavy atom. The summed E-state index contributed by atoms with van der Waals surface area (Å²) < 4.78 is 18.7. The number of aryl methyl sites for hydroxylation is 1. The maximum Gasteiger partial charge on any atom is 0.424 e. The van der Waals surface area contributed by atoms with Gasteiger partial charge in [0.1, 0.15) is 22.3 Å². The molecule has 3 heterocycles. The van der Waals surface area contributed by atoms with Gasteiger partial charge in [0.2, 0.25) is 6.41 Å². The quantitative estimate of drug-likeness (QED) is 0.110. The van der Waals surface area contributed by atoms with E-state index < -0.39 is 35.1 Å². The van der Waals surface area contributed by atoms with E-state index in [0.717, 1.165) is 17.0 Å². The van der Waals surface area contributed by atoms with Gasteiger partial charge in [-0.05, 0) is 119 Å². The highest BCUT2D eigenvalue weighted by Gasteiger charge is 2.34. The van der Waals surface area contributed by atoms with Crippen molar-refractivity contribution in [1.29, 1.82) is 0 Å². The average molecular weight is 774 g/mol. The number of pyridine rings is 1. The van der Waals surface area contributed by atoms with Crippen molar-refractivity contribution in [2.75, 3.05) is 22.1 Å². The number of carbonyl (C=O) groups excluding carboxylic acids is 4. The Morgan fingerprint density at radius 2 is 1.48 bits per heavy atom. The van der Waals surface area contributed by atoms with Crippen molar-refractivity contribution >= 4 is 58.6 Å². The first kappa shape index (κ1) is 42.9. The first-order chi connectivity index (χ1) is 26.0. The standard InChI is InChI=1S/C40H55N9O7/c1-14-48-28(15-16-47(23-50)24(2)3)20-33(46-48)43-32-19-27-17-26(18-30(34(27)45-44-32)42-35(51)54-38(5,6)7)29-21-41-22-31(25(29)4)49(36(52)55-39(8,9)10)37(53)56-40(11,12)13/h17-24H,14-16H2,1-13H3,(H,42,51)(H,43,44,46). The zero-order chi connectivity index (χ0) is 41.7. The second-order valence-electron chi connectivity index (χ2n) is 16.6. The van der Waals surface area contributed by atoms with Crippen molar-refractivity contribution in [3.8, 4) is 11.1 Å². The van der Waals surface area contributed by atoms with Crippen molar-refractivity contribution in [2.45, 2.75) is 126 Å². The van der Waals surface area contributed by atoms with Gasteiger partial charge in [-0.25, -0.2) is 14.4 Å². The molecule has 4 rings (SSSR count). The van der Waals surface area contributed by atoms with Crippen LogP contribution in [0.25, 0.3) is 22.0 Å². The molecular weight excluding hydrogens is 718 g/mol. The molecule has 0 spiro atoms. The smallest absolute Gasteiger partial charge is 0.424 e. The predicted octanol–water partition coefficient (Wildman–Crippen LogP) is 8.39. The normalized spacial score (nSPS) is 12.0. The molecular formula is C40H55N9O7. The topological polar surface area (TPSA) is 183 Å². The summed E-state index contributed by atoms with van der Waals surface area (Å²) in [4.78, 5) is 58.7. The summed E-state index contributed by atoms with van der Waals surface area (Å²) in [6.45, 7) is 24.3. The van der Waals surface area contributed by atoms with Crippen LogP contribution in [0.2, 0.25) is 0 Å². The zero-order valence-electron chi connectivity index (χ0n) is 34.7. The molecule has 0 aliphatic carbocycles. The van der Waals surface area contributed by atoms with Crippen LogP contribution >= 0.6 is 0 Å². The average Bonchev–Trinajstić information content (AvgIpc) is 3.44. The number of ether oxygens (including phenoxy) is 3. The Balaban J connectivity index is 1.82. The SMILES string of the molecule is CCn1nc(Nc2cc3cc(-c4cncc(N(C(=O)OC(C)(C)C)C(=O)OC(C)(C)C)c4C)cc(NC(=O)OC(C)(C)C)c3nn2)cc1CCN(C=O)C(C)C. The number of nitrogens with zero attached hydrogens (tertiary/aromatic N) is 7. The van der Waals surface area contributed by atoms with Crippen LogP contribution in [-0.4, -0.2) is 83.9 Å². The van der Waals surface area contributed by atoms with E-state index in [1.165, 1.54) is 6.20 Å². The summed E-state index contributed by atoms with van der Waals surface area (Å²) in [5, 5.41) is 20.2. The van der Waals surface area contributed by atoms with E-state index in [1.54, 1.807) is 92.5 Å². The monoisotopic (exact) mass is 773 g/mol. The van der Waals surface area contributed by atoms with Crippen LogP contribution in [0.4, 0.5) is 37.4 Å². The van der Waals surface area contributed by atoms with E-state index in [1.807, 2.05) is 37.6 Å². The summed E-state index contributed by atoms with van der Waals surface area (Å²) in [7, 11) is 0. The van der Waals surface area contributed by atoms with Gasteiger partial charge >= 0.3 is 18.3 Å². The van der Waals surface area contributed by atoms with Gasteiger partial charge in [-0.1, -0.05) is 0 Å². The fraction of sp³-hybridized carbons (Fsp3) is 0.500. The molecule has 0 unspecified atom stereocenters. The summed E-state index contributed by atoms with van der Waals surface area (Å²) in [5.41, 5.74) is 0.782. The molecule has 4 aromatic rings. The lowest BCUT2D eigenvalue weighted by molar-refractivity contribution is -0.119. The molecule has 56 heavy (non-hydrogen) atoms. The third-order valence-electron chi connectivity index (χ3n) is 8.06. The second kappa shape index (κ2) is 16.9. The van der Waals surface area contributed by atoms with Crippen LogP contribution < -0.4 is 15.5 Å². The zero-order valence-corrected chi connectivity index (χ0v) is 34.7. The molecule has 4 amide bonds. The van der Waals surface area contributed by atoms with Gasteiger partial charge in [-0.3, -0.25) is 19.8 Å². The first-order valence-electron chi connectivity index (χ1n) is 18.6. The minimum Gasteiger partial charge on any atom is -0.444 e. The first-order valence-corrected chi connectivity index (χ1v) is 18.6. The Labute approximate surface area is 328 Å². The summed E-state index contributed by atoms with van der Waals surface area (Å²) in [6.07, 6.45) is 1.89. The maximum absolute atomic E-state index is 13.6. The number of hydrogen-bond acceptors (Lipinski definition) is 12. The highest BCUT2D eigenvalue weighted by Crippen LogP contribution is 2.36. The fourth-order valence-corrected chi connectivity index (χ4v) is 5.60. The lowest BCUT2D eigenvalue weighted by Crippen LogP contribution is -2.44. The van der Waals surface area contributed by atoms with Crippen LogP contribution in [0.15, 0.2) is 36.7 Å². The number of nitrogens with one attached hydrogen (secondary N) is 2. The largest absolute Gasteiger partial charge is 0.444 e. The highest BCUT2D eigenvalue weighted by molar-refractivity contribution is 6.10. The molecule has 16 nitrogen and oxygen atoms in total. The van der Waals surface area contributed by atoms with Gasteiger partial charge in [0.25, 0.3) is 0 Å². The van der Waals surface area contributed by atoms with E-state index in [2.05, 4.69) is 30.9 Å². The molecule has 0 atom stereocenters. The van der Waals surface area contributed by atoms with Crippen LogP contribution in [0.5, 0.6) is 0 Å². The van der Waals surface area contributed by atoms with Crippen LogP contribution in [0.3, 0.4) is 0 Å². The van der Waals surface area contributed by atoms with Crippen molar-refractivity contribution in [2.24, 2.45) is 0 Å². The van der Waals surface area contributed by atoms with Crippen LogP contribution in [0, 0.1) is 6.92 Å². The number of carbonyl (C=O) groups is 4. The third-order valence-corrected chi connectivity index (χ3v) is 8.06. The Kier molecular flexibility index (Phi) is 13.0. The maximum atomic E-state index is 13.6. The number of imide groups is 1. The number of aromatic nitrogens is 5. The molecule has 0 saturated heterocycles. The number of amides is 4. The van der Waals surface area contributed by atoms with Gasteiger partial charge in [-0.2, -0.15) is 10.00 Å². The molecule has 2 N–H and O–H groups in total. The molecule has 0 saturated carbocycles. The molecule has 1 aromatic carbocycles. The van der Waals surface area contributed by atoms with E-state index >= 15 is 0 Å². The minimum absolute atomic E-state index is 0.0755.